The normalized spacial score (nSPS) is 16.6. The van der Waals surface area contributed by atoms with Gasteiger partial charge in [0.1, 0.15) is 22.1 Å². The Labute approximate surface area is 336 Å². The molecule has 5 heterocycles. The molecule has 304 valence electrons. The number of aromatic nitrogens is 5. The molecule has 6 rings (SSSR count). The van der Waals surface area contributed by atoms with Gasteiger partial charge in [-0.1, -0.05) is 5.16 Å². The number of nitrogens with zero attached hydrogens (tertiary/aromatic N) is 7. The van der Waals surface area contributed by atoms with E-state index in [4.69, 9.17) is 20.5 Å². The number of carbonyl (C=O) groups is 6. The van der Waals surface area contributed by atoms with Gasteiger partial charge in [-0.2, -0.15) is 9.50 Å². The number of hydrogen-bond acceptors (Lipinski definition) is 20. The van der Waals surface area contributed by atoms with Crippen molar-refractivity contribution in [2.75, 3.05) is 17.2 Å². The van der Waals surface area contributed by atoms with Crippen molar-refractivity contribution in [2.24, 2.45) is 5.16 Å². The number of phenols is 2. The van der Waals surface area contributed by atoms with Gasteiger partial charge >= 0.3 is 12.1 Å². The fourth-order valence-electron chi connectivity index (χ4n) is 5.09. The number of thioether (sulfide) groups is 2. The third-order valence-electron chi connectivity index (χ3n) is 7.99. The Hall–Kier alpha value is -6.71. The molecule has 0 bridgehead atoms. The first-order valence-electron chi connectivity index (χ1n) is 16.3. The molecular formula is C31H30N12O12S3. The Bertz CT molecular complexity index is 2430. The molecule has 24 nitrogen and oxygen atoms in total. The zero-order valence-corrected chi connectivity index (χ0v) is 32.4. The molecule has 2 atom stereocenters. The minimum Gasteiger partial charge on any atom is -0.504 e. The van der Waals surface area contributed by atoms with Gasteiger partial charge in [0.05, 0.1) is 0 Å². The first-order valence-corrected chi connectivity index (χ1v) is 19.2. The number of oxime groups is 1. The monoisotopic (exact) mass is 858 g/mol. The van der Waals surface area contributed by atoms with Crippen molar-refractivity contribution in [3.8, 4) is 11.5 Å². The van der Waals surface area contributed by atoms with Crippen molar-refractivity contribution in [3.63, 3.8) is 0 Å². The van der Waals surface area contributed by atoms with Crippen LogP contribution in [0.5, 0.6) is 11.5 Å². The number of hydrazine groups is 1. The van der Waals surface area contributed by atoms with Crippen molar-refractivity contribution in [1.82, 2.24) is 51.1 Å². The molecule has 0 saturated carbocycles. The Morgan fingerprint density at radius 1 is 1.09 bits per heavy atom. The lowest BCUT2D eigenvalue weighted by Gasteiger charge is -2.49. The van der Waals surface area contributed by atoms with E-state index in [0.29, 0.717) is 16.3 Å². The van der Waals surface area contributed by atoms with Gasteiger partial charge < -0.3 is 35.9 Å². The van der Waals surface area contributed by atoms with Gasteiger partial charge in [0.15, 0.2) is 22.3 Å². The Morgan fingerprint density at radius 2 is 1.84 bits per heavy atom. The number of nitrogen functional groups attached to an aromatic ring is 1. The zero-order chi connectivity index (χ0) is 42.1. The van der Waals surface area contributed by atoms with Crippen LogP contribution in [0.1, 0.15) is 46.2 Å². The van der Waals surface area contributed by atoms with E-state index in [2.05, 4.69) is 41.4 Å². The van der Waals surface area contributed by atoms with Gasteiger partial charge in [-0.15, -0.1) is 40.0 Å². The second-order valence-corrected chi connectivity index (χ2v) is 15.5. The van der Waals surface area contributed by atoms with Gasteiger partial charge in [0.2, 0.25) is 17.3 Å². The largest absolute Gasteiger partial charge is 0.512 e. The van der Waals surface area contributed by atoms with E-state index in [1.807, 2.05) is 0 Å². The van der Waals surface area contributed by atoms with E-state index < -0.39 is 69.9 Å². The summed E-state index contributed by atoms with van der Waals surface area (Å²) in [5.74, 6) is -5.76. The van der Waals surface area contributed by atoms with E-state index in [-0.39, 0.29) is 45.4 Å². The first kappa shape index (κ1) is 40.9. The maximum Gasteiger partial charge on any atom is 0.512 e. The lowest BCUT2D eigenvalue weighted by molar-refractivity contribution is -0.148. The fourth-order valence-corrected chi connectivity index (χ4v) is 8.13. The Morgan fingerprint density at radius 3 is 2.52 bits per heavy atom. The second-order valence-electron chi connectivity index (χ2n) is 12.5. The average Bonchev–Trinajstić information content (AvgIpc) is 3.81. The summed E-state index contributed by atoms with van der Waals surface area (Å²) in [4.78, 5) is 95.2. The Balaban J connectivity index is 1.16. The van der Waals surface area contributed by atoms with Crippen LogP contribution in [-0.4, -0.2) is 120 Å². The number of β-lactam (4-membered cyclic amide) rings is 1. The maximum absolute atomic E-state index is 13.7. The van der Waals surface area contributed by atoms with Crippen LogP contribution < -0.4 is 27.4 Å². The highest BCUT2D eigenvalue weighted by Gasteiger charge is 2.54. The molecule has 3 aromatic heterocycles. The summed E-state index contributed by atoms with van der Waals surface area (Å²) in [5.41, 5.74) is 9.93. The number of ether oxygens (including phenoxy) is 1. The summed E-state index contributed by atoms with van der Waals surface area (Å²) >= 11 is 3.32. The molecule has 0 spiro atoms. The van der Waals surface area contributed by atoms with E-state index in [0.717, 1.165) is 40.1 Å². The van der Waals surface area contributed by atoms with E-state index >= 15 is 0 Å². The van der Waals surface area contributed by atoms with Crippen LogP contribution in [0, 0.1) is 6.92 Å². The summed E-state index contributed by atoms with van der Waals surface area (Å²) in [7, 11) is 0. The van der Waals surface area contributed by atoms with Crippen LogP contribution in [0.3, 0.4) is 0 Å². The molecule has 1 saturated heterocycles. The van der Waals surface area contributed by atoms with Crippen molar-refractivity contribution in [1.29, 1.82) is 0 Å². The number of amides is 5. The molecule has 27 heteroatoms. The predicted molar refractivity (Wildman–Crippen MR) is 200 cm³/mol. The highest BCUT2D eigenvalue weighted by Crippen LogP contribution is 2.42. The van der Waals surface area contributed by atoms with Crippen LogP contribution in [-0.2, 0) is 24.0 Å². The Kier molecular flexibility index (Phi) is 11.6. The number of fused-ring (bicyclic) bond motifs is 2. The van der Waals surface area contributed by atoms with Crippen molar-refractivity contribution in [2.45, 2.75) is 42.8 Å². The lowest BCUT2D eigenvalue weighted by atomic mass is 10.1. The molecule has 0 radical (unpaired) electrons. The average molecular weight is 859 g/mol. The molecular weight excluding hydrogens is 829 g/mol. The standard InChI is InChI=1S/C31H30N12O12S3/c1-11-6-17(43-29(33-11)36-20(39-43)23(48)40-53)56-8-13-9-57-26-19(24(49)42(26)25(13)54-30(51)52)35-22(47)18(14-10-58-28(32)34-14)41-55-31(2,3)27(50)38-37-21(46)12-4-5-15(44)16(45)7-12/h4-7,10,19,26,44-45,53H,8-9H2,1-3H3,(H2,32,34)(H,35,47)(H,37,46)(H,38,50)(H,40,48)(H,51,52)/b41-18-/t19-,26-/m1/s1. The number of rotatable bonds is 12. The number of carboxylic acid groups (broad SMARTS) is 1. The number of thiazole rings is 1. The highest BCUT2D eigenvalue weighted by atomic mass is 32.2. The van der Waals surface area contributed by atoms with Gasteiger partial charge in [0, 0.05) is 33.7 Å². The number of nitrogens with one attached hydrogen (secondary N) is 4. The molecule has 0 aliphatic carbocycles. The van der Waals surface area contributed by atoms with E-state index in [1.54, 1.807) is 13.0 Å². The van der Waals surface area contributed by atoms with Gasteiger partial charge in [-0.25, -0.2) is 20.2 Å². The van der Waals surface area contributed by atoms with Crippen molar-refractivity contribution in [3.05, 3.63) is 63.9 Å². The number of hydrogen-bond donors (Lipinski definition) is 9. The fraction of sp³-hybridized carbons (Fsp3) is 0.258. The number of benzene rings is 1. The number of aryl methyl sites for hydroxylation is 1. The number of aromatic hydroxyl groups is 2. The predicted octanol–water partition coefficient (Wildman–Crippen LogP) is 0.0605. The SMILES string of the molecule is Cc1cc(SCC2=C(OC(=O)O)N3C(=O)[C@@H](NC(=O)/C(=N\OC(C)(C)C(=O)NNC(=O)c4ccc(O)c(O)c4)c4csc(N)n4)[C@H]3SC2)n2nc(C(=O)NO)nc2n1. The summed E-state index contributed by atoms with van der Waals surface area (Å²) < 4.78 is 6.34. The lowest BCUT2D eigenvalue weighted by Crippen LogP contribution is -2.70. The smallest absolute Gasteiger partial charge is 0.504 e. The number of anilines is 1. The third-order valence-corrected chi connectivity index (χ3v) is 11.1. The number of carbonyl (C=O) groups excluding carboxylic acids is 5. The van der Waals surface area contributed by atoms with Gasteiger partial charge in [-0.05, 0) is 45.0 Å². The van der Waals surface area contributed by atoms with E-state index in [1.165, 1.54) is 47.1 Å². The summed E-state index contributed by atoms with van der Waals surface area (Å²) in [6.07, 6.45) is -1.69. The molecule has 2 aliphatic heterocycles. The van der Waals surface area contributed by atoms with Crippen LogP contribution in [0.25, 0.3) is 5.78 Å². The van der Waals surface area contributed by atoms with Crippen LogP contribution >= 0.6 is 34.9 Å². The molecule has 58 heavy (non-hydrogen) atoms. The summed E-state index contributed by atoms with van der Waals surface area (Å²) in [6.45, 7) is 4.22. The van der Waals surface area contributed by atoms with Crippen molar-refractivity contribution < 1.29 is 58.9 Å². The minimum absolute atomic E-state index is 0.0535. The molecule has 10 N–H and O–H groups in total. The first-order chi connectivity index (χ1) is 27.5. The quantitative estimate of drug-likeness (QED) is 0.0133. The van der Waals surface area contributed by atoms with Crippen LogP contribution in [0.2, 0.25) is 0 Å². The highest BCUT2D eigenvalue weighted by molar-refractivity contribution is 8.01. The molecule has 2 aliphatic rings. The number of nitrogens with two attached hydrogens (primary N) is 1. The number of phenolic OH excluding ortho intramolecular Hbond substituents is 2. The minimum atomic E-state index is -1.84. The zero-order valence-electron chi connectivity index (χ0n) is 29.9. The molecule has 5 amide bonds. The van der Waals surface area contributed by atoms with Crippen LogP contribution in [0.4, 0.5) is 9.93 Å². The topological polar surface area (TPSA) is 348 Å². The third kappa shape index (κ3) is 8.50. The second kappa shape index (κ2) is 16.4. The summed E-state index contributed by atoms with van der Waals surface area (Å²) in [6, 6.07) is 3.68. The van der Waals surface area contributed by atoms with Crippen LogP contribution in [0.15, 0.2) is 51.3 Å². The molecule has 1 fully saturated rings. The molecule has 0 unspecified atom stereocenters. The van der Waals surface area contributed by atoms with E-state index in [9.17, 15) is 44.1 Å². The number of hydroxylamine groups is 1. The summed E-state index contributed by atoms with van der Waals surface area (Å²) in [5, 5.41) is 49.2. The van der Waals surface area contributed by atoms with Gasteiger partial charge in [0.25, 0.3) is 29.4 Å². The molecule has 4 aromatic rings. The van der Waals surface area contributed by atoms with Crippen molar-refractivity contribution >= 4 is 87.2 Å². The maximum atomic E-state index is 13.7. The van der Waals surface area contributed by atoms with Gasteiger partial charge in [-0.3, -0.25) is 44.9 Å². The molecule has 1 aromatic carbocycles.